The maximum atomic E-state index is 12.4. The van der Waals surface area contributed by atoms with Crippen LogP contribution in [-0.2, 0) is 4.74 Å². The smallest absolute Gasteiger partial charge is 0.290 e. The molecule has 0 aromatic heterocycles. The van der Waals surface area contributed by atoms with E-state index in [2.05, 4.69) is 0 Å². The van der Waals surface area contributed by atoms with Gasteiger partial charge in [-0.05, 0) is 13.0 Å². The minimum atomic E-state index is -0.659. The lowest BCUT2D eigenvalue weighted by Crippen LogP contribution is -2.47. The number of carbonyl (C=O) groups is 1. The summed E-state index contributed by atoms with van der Waals surface area (Å²) in [6, 6.07) is 2.41. The monoisotopic (exact) mass is 318 g/mol. The zero-order chi connectivity index (χ0) is 14.9. The van der Waals surface area contributed by atoms with E-state index in [9.17, 15) is 14.9 Å². The molecule has 2 rings (SSSR count). The Labute approximate surface area is 125 Å². The summed E-state index contributed by atoms with van der Waals surface area (Å²) in [6.07, 6.45) is 0. The number of amides is 1. The Kier molecular flexibility index (Phi) is 4.47. The van der Waals surface area contributed by atoms with Gasteiger partial charge in [-0.1, -0.05) is 23.2 Å². The summed E-state index contributed by atoms with van der Waals surface area (Å²) in [6.45, 7) is 3.17. The molecule has 20 heavy (non-hydrogen) atoms. The Bertz CT molecular complexity index is 565. The largest absolute Gasteiger partial charge is 0.377 e. The number of hydrogen-bond acceptors (Lipinski definition) is 4. The van der Waals surface area contributed by atoms with Crippen molar-refractivity contribution in [2.75, 3.05) is 19.8 Å². The first-order valence-electron chi connectivity index (χ1n) is 5.94. The van der Waals surface area contributed by atoms with E-state index in [-0.39, 0.29) is 33.2 Å². The average molecular weight is 319 g/mol. The highest BCUT2D eigenvalue weighted by atomic mass is 35.5. The molecule has 0 bridgehead atoms. The van der Waals surface area contributed by atoms with Crippen molar-refractivity contribution in [1.29, 1.82) is 0 Å². The number of nitrogens with zero attached hydrogens (tertiary/aromatic N) is 2. The molecule has 1 atom stereocenters. The zero-order valence-electron chi connectivity index (χ0n) is 10.6. The van der Waals surface area contributed by atoms with E-state index in [1.165, 1.54) is 6.07 Å². The third-order valence-electron chi connectivity index (χ3n) is 3.08. The van der Waals surface area contributed by atoms with Crippen LogP contribution in [-0.4, -0.2) is 41.5 Å². The lowest BCUT2D eigenvalue weighted by Gasteiger charge is -2.33. The standard InChI is InChI=1S/C12H12Cl2N2O4/c1-7-6-20-3-2-15(7)12(17)8-4-9(13)11(14)10(5-8)16(18)19/h4-5,7H,2-3,6H2,1H3. The van der Waals surface area contributed by atoms with Crippen molar-refractivity contribution in [3.05, 3.63) is 37.9 Å². The predicted octanol–water partition coefficient (Wildman–Crippen LogP) is 2.76. The van der Waals surface area contributed by atoms with Crippen LogP contribution in [0.2, 0.25) is 10.0 Å². The summed E-state index contributed by atoms with van der Waals surface area (Å²) < 4.78 is 5.25. The number of nitro benzene ring substituents is 1. The molecule has 0 N–H and O–H groups in total. The van der Waals surface area contributed by atoms with Crippen LogP contribution >= 0.6 is 23.2 Å². The zero-order valence-corrected chi connectivity index (χ0v) is 12.1. The number of benzene rings is 1. The van der Waals surface area contributed by atoms with Crippen LogP contribution < -0.4 is 0 Å². The molecular formula is C12H12Cl2N2O4. The number of morpholine rings is 1. The second kappa shape index (κ2) is 5.95. The minimum Gasteiger partial charge on any atom is -0.377 e. The SMILES string of the molecule is CC1COCCN1C(=O)c1cc(Cl)c(Cl)c([N+](=O)[O-])c1. The van der Waals surface area contributed by atoms with Crippen molar-refractivity contribution in [3.8, 4) is 0 Å². The van der Waals surface area contributed by atoms with E-state index in [1.54, 1.807) is 4.90 Å². The van der Waals surface area contributed by atoms with Crippen LogP contribution in [0.3, 0.4) is 0 Å². The van der Waals surface area contributed by atoms with Crippen LogP contribution in [0.15, 0.2) is 12.1 Å². The fourth-order valence-corrected chi connectivity index (χ4v) is 2.42. The number of ether oxygens (including phenoxy) is 1. The summed E-state index contributed by atoms with van der Waals surface area (Å²) in [7, 11) is 0. The van der Waals surface area contributed by atoms with E-state index in [1.807, 2.05) is 6.92 Å². The molecule has 0 radical (unpaired) electrons. The predicted molar refractivity (Wildman–Crippen MR) is 74.4 cm³/mol. The van der Waals surface area contributed by atoms with Gasteiger partial charge in [0.05, 0.1) is 29.2 Å². The van der Waals surface area contributed by atoms with Gasteiger partial charge >= 0.3 is 0 Å². The molecule has 1 aromatic rings. The van der Waals surface area contributed by atoms with E-state index < -0.39 is 4.92 Å². The van der Waals surface area contributed by atoms with Gasteiger partial charge in [0.2, 0.25) is 0 Å². The van der Waals surface area contributed by atoms with E-state index in [0.717, 1.165) is 6.07 Å². The van der Waals surface area contributed by atoms with Crippen LogP contribution in [0, 0.1) is 10.1 Å². The topological polar surface area (TPSA) is 72.7 Å². The third kappa shape index (κ3) is 2.87. The highest BCUT2D eigenvalue weighted by Gasteiger charge is 2.27. The van der Waals surface area contributed by atoms with E-state index in [4.69, 9.17) is 27.9 Å². The Hall–Kier alpha value is -1.37. The number of carbonyl (C=O) groups excluding carboxylic acids is 1. The quantitative estimate of drug-likeness (QED) is 0.621. The third-order valence-corrected chi connectivity index (χ3v) is 3.87. The lowest BCUT2D eigenvalue weighted by molar-refractivity contribution is -0.384. The van der Waals surface area contributed by atoms with E-state index >= 15 is 0 Å². The second-order valence-electron chi connectivity index (χ2n) is 4.47. The maximum absolute atomic E-state index is 12.4. The average Bonchev–Trinajstić information content (AvgIpc) is 2.41. The van der Waals surface area contributed by atoms with Gasteiger partial charge in [-0.15, -0.1) is 0 Å². The summed E-state index contributed by atoms with van der Waals surface area (Å²) in [5.74, 6) is -0.317. The Morgan fingerprint density at radius 1 is 1.50 bits per heavy atom. The molecule has 0 saturated carbocycles. The number of nitro groups is 1. The molecule has 108 valence electrons. The van der Waals surface area contributed by atoms with Gasteiger partial charge in [-0.25, -0.2) is 0 Å². The van der Waals surface area contributed by atoms with Gasteiger partial charge < -0.3 is 9.64 Å². The molecule has 1 aromatic carbocycles. The minimum absolute atomic E-state index is 0.00914. The summed E-state index contributed by atoms with van der Waals surface area (Å²) in [4.78, 5) is 24.2. The molecule has 0 aliphatic carbocycles. The normalized spacial score (nSPS) is 18.9. The summed E-state index contributed by atoms with van der Waals surface area (Å²) >= 11 is 11.6. The highest BCUT2D eigenvalue weighted by Crippen LogP contribution is 2.33. The van der Waals surface area contributed by atoms with Crippen molar-refractivity contribution in [1.82, 2.24) is 4.90 Å². The Morgan fingerprint density at radius 2 is 2.20 bits per heavy atom. The molecule has 6 nitrogen and oxygen atoms in total. The molecule has 1 heterocycles. The molecular weight excluding hydrogens is 307 g/mol. The molecule has 1 fully saturated rings. The first-order chi connectivity index (χ1) is 9.41. The molecule has 0 spiro atoms. The van der Waals surface area contributed by atoms with Crippen LogP contribution in [0.4, 0.5) is 5.69 Å². The summed E-state index contributed by atoms with van der Waals surface area (Å²) in [5, 5.41) is 10.7. The first-order valence-corrected chi connectivity index (χ1v) is 6.69. The highest BCUT2D eigenvalue weighted by molar-refractivity contribution is 6.43. The number of hydrogen-bond donors (Lipinski definition) is 0. The van der Waals surface area contributed by atoms with Gasteiger partial charge in [-0.2, -0.15) is 0 Å². The van der Waals surface area contributed by atoms with Gasteiger partial charge in [0.1, 0.15) is 5.02 Å². The maximum Gasteiger partial charge on any atom is 0.290 e. The van der Waals surface area contributed by atoms with Crippen molar-refractivity contribution in [3.63, 3.8) is 0 Å². The van der Waals surface area contributed by atoms with E-state index in [0.29, 0.717) is 19.8 Å². The number of rotatable bonds is 2. The molecule has 1 saturated heterocycles. The van der Waals surface area contributed by atoms with Gasteiger partial charge in [0.25, 0.3) is 11.6 Å². The van der Waals surface area contributed by atoms with Gasteiger partial charge in [0, 0.05) is 18.2 Å². The summed E-state index contributed by atoms with van der Waals surface area (Å²) in [5.41, 5.74) is -0.219. The number of halogens is 2. The molecule has 1 aliphatic rings. The van der Waals surface area contributed by atoms with Crippen molar-refractivity contribution < 1.29 is 14.5 Å². The van der Waals surface area contributed by atoms with Crippen molar-refractivity contribution in [2.24, 2.45) is 0 Å². The lowest BCUT2D eigenvalue weighted by atomic mass is 10.1. The van der Waals surface area contributed by atoms with Crippen LogP contribution in [0.1, 0.15) is 17.3 Å². The first kappa shape index (κ1) is 15.0. The van der Waals surface area contributed by atoms with Crippen molar-refractivity contribution >= 4 is 34.8 Å². The fourth-order valence-electron chi connectivity index (χ4n) is 2.03. The van der Waals surface area contributed by atoms with Crippen molar-refractivity contribution in [2.45, 2.75) is 13.0 Å². The molecule has 1 unspecified atom stereocenters. The van der Waals surface area contributed by atoms with Crippen LogP contribution in [0.25, 0.3) is 0 Å². The second-order valence-corrected chi connectivity index (χ2v) is 5.26. The van der Waals surface area contributed by atoms with Gasteiger partial charge in [0.15, 0.2) is 0 Å². The fraction of sp³-hybridized carbons (Fsp3) is 0.417. The molecule has 1 aliphatic heterocycles. The Balaban J connectivity index is 2.37. The van der Waals surface area contributed by atoms with Gasteiger partial charge in [-0.3, -0.25) is 14.9 Å². The molecule has 8 heteroatoms. The molecule has 1 amide bonds. The van der Waals surface area contributed by atoms with Crippen LogP contribution in [0.5, 0.6) is 0 Å². The Morgan fingerprint density at radius 3 is 2.80 bits per heavy atom.